The molecule has 7 nitrogen and oxygen atoms in total. The molecule has 0 spiro atoms. The van der Waals surface area contributed by atoms with Gasteiger partial charge in [0.15, 0.2) is 0 Å². The van der Waals surface area contributed by atoms with E-state index in [9.17, 15) is 9.59 Å². The fraction of sp³-hybridized carbons (Fsp3) is 0.414. The zero-order chi connectivity index (χ0) is 26.9. The molecule has 1 aromatic heterocycles. The van der Waals surface area contributed by atoms with Gasteiger partial charge in [-0.15, -0.1) is 0 Å². The van der Waals surface area contributed by atoms with Crippen LogP contribution in [0.5, 0.6) is 11.5 Å². The second kappa shape index (κ2) is 9.80. The van der Waals surface area contributed by atoms with Gasteiger partial charge in [-0.25, -0.2) is 9.78 Å². The van der Waals surface area contributed by atoms with Crippen LogP contribution in [-0.2, 0) is 4.74 Å². The van der Waals surface area contributed by atoms with E-state index >= 15 is 0 Å². The minimum atomic E-state index is -0.619. The third-order valence-corrected chi connectivity index (χ3v) is 5.25. The molecule has 3 rings (SSSR count). The number of rotatable bonds is 4. The Morgan fingerprint density at radius 2 is 1.44 bits per heavy atom. The Bertz CT molecular complexity index is 1250. The molecule has 0 atom stereocenters. The van der Waals surface area contributed by atoms with Gasteiger partial charge in [0.2, 0.25) is 0 Å². The van der Waals surface area contributed by atoms with Crippen molar-refractivity contribution in [3.8, 4) is 11.5 Å². The molecule has 3 aromatic rings. The van der Waals surface area contributed by atoms with Gasteiger partial charge in [0.05, 0.1) is 0 Å². The summed E-state index contributed by atoms with van der Waals surface area (Å²) in [6, 6.07) is 14.6. The summed E-state index contributed by atoms with van der Waals surface area (Å²) < 4.78 is 11.5. The minimum absolute atomic E-state index is 0.0366. The lowest BCUT2D eigenvalue weighted by molar-refractivity contribution is 0.0272. The molecule has 1 heterocycles. The molecule has 0 aliphatic carbocycles. The van der Waals surface area contributed by atoms with Crippen molar-refractivity contribution in [2.45, 2.75) is 79.0 Å². The first-order valence-corrected chi connectivity index (χ1v) is 12.1. The van der Waals surface area contributed by atoms with Crippen molar-refractivity contribution < 1.29 is 19.1 Å². The van der Waals surface area contributed by atoms with Gasteiger partial charge in [-0.2, -0.15) is 0 Å². The van der Waals surface area contributed by atoms with Crippen LogP contribution in [0.15, 0.2) is 54.7 Å². The quantitative estimate of drug-likeness (QED) is 0.411. The first kappa shape index (κ1) is 27.0. The van der Waals surface area contributed by atoms with E-state index < -0.39 is 11.7 Å². The monoisotopic (exact) mass is 491 g/mol. The van der Waals surface area contributed by atoms with Gasteiger partial charge in [-0.1, -0.05) is 24.3 Å². The zero-order valence-electron chi connectivity index (χ0n) is 22.7. The highest BCUT2D eigenvalue weighted by Crippen LogP contribution is 2.35. The van der Waals surface area contributed by atoms with Crippen LogP contribution >= 0.6 is 0 Å². The van der Waals surface area contributed by atoms with Crippen LogP contribution in [-0.4, -0.2) is 38.6 Å². The van der Waals surface area contributed by atoms with Crippen LogP contribution in [0, 0.1) is 0 Å². The van der Waals surface area contributed by atoms with Crippen LogP contribution in [0.4, 0.5) is 10.6 Å². The highest BCUT2D eigenvalue weighted by atomic mass is 16.6. The molecule has 0 aliphatic heterocycles. The summed E-state index contributed by atoms with van der Waals surface area (Å²) >= 11 is 0. The zero-order valence-corrected chi connectivity index (χ0v) is 22.7. The lowest BCUT2D eigenvalue weighted by atomic mass is 9.93. The van der Waals surface area contributed by atoms with Crippen molar-refractivity contribution in [1.29, 1.82) is 0 Å². The highest BCUT2D eigenvalue weighted by Gasteiger charge is 2.36. The van der Waals surface area contributed by atoms with Crippen molar-refractivity contribution in [3.05, 3.63) is 60.3 Å². The van der Waals surface area contributed by atoms with E-state index in [-0.39, 0.29) is 17.0 Å². The Morgan fingerprint density at radius 1 is 0.833 bits per heavy atom. The summed E-state index contributed by atoms with van der Waals surface area (Å²) in [4.78, 5) is 32.0. The molecule has 0 saturated heterocycles. The maximum Gasteiger partial charge on any atom is 0.413 e. The molecular weight excluding hydrogens is 454 g/mol. The van der Waals surface area contributed by atoms with Gasteiger partial charge in [0.25, 0.3) is 5.91 Å². The lowest BCUT2D eigenvalue weighted by Crippen LogP contribution is -2.55. The largest absolute Gasteiger partial charge is 0.457 e. The summed E-state index contributed by atoms with van der Waals surface area (Å²) in [5, 5.41) is 4.24. The number of carbonyl (C=O) groups is 2. The summed E-state index contributed by atoms with van der Waals surface area (Å²) in [7, 11) is 0. The molecule has 36 heavy (non-hydrogen) atoms. The summed E-state index contributed by atoms with van der Waals surface area (Å²) in [5.41, 5.74) is -0.725. The number of nitrogens with zero attached hydrogens (tertiary/aromatic N) is 2. The van der Waals surface area contributed by atoms with Gasteiger partial charge in [-0.3, -0.25) is 10.1 Å². The average Bonchev–Trinajstić information content (AvgIpc) is 2.70. The van der Waals surface area contributed by atoms with Crippen molar-refractivity contribution in [2.75, 3.05) is 5.32 Å². The molecule has 2 amide bonds. The fourth-order valence-corrected chi connectivity index (χ4v) is 4.36. The first-order valence-electron chi connectivity index (χ1n) is 12.1. The van der Waals surface area contributed by atoms with E-state index in [1.165, 1.54) is 0 Å². The Kier molecular flexibility index (Phi) is 7.35. The topological polar surface area (TPSA) is 80.8 Å². The van der Waals surface area contributed by atoms with Gasteiger partial charge >= 0.3 is 6.09 Å². The van der Waals surface area contributed by atoms with Gasteiger partial charge in [-0.05, 0) is 85.9 Å². The van der Waals surface area contributed by atoms with Crippen LogP contribution in [0.1, 0.15) is 72.7 Å². The number of benzene rings is 2. The molecule has 7 heteroatoms. The predicted molar refractivity (Wildman–Crippen MR) is 144 cm³/mol. The third-order valence-electron chi connectivity index (χ3n) is 5.25. The van der Waals surface area contributed by atoms with Crippen molar-refractivity contribution in [1.82, 2.24) is 9.88 Å². The average molecular weight is 492 g/mol. The maximum absolute atomic E-state index is 13.8. The number of ether oxygens (including phenoxy) is 2. The Morgan fingerprint density at radius 3 is 2.03 bits per heavy atom. The van der Waals surface area contributed by atoms with E-state index in [1.54, 1.807) is 45.2 Å². The van der Waals surface area contributed by atoms with E-state index in [0.29, 0.717) is 22.9 Å². The number of aromatic nitrogens is 1. The van der Waals surface area contributed by atoms with Crippen molar-refractivity contribution >= 4 is 28.6 Å². The lowest BCUT2D eigenvalue weighted by Gasteiger charge is -2.45. The number of amides is 2. The van der Waals surface area contributed by atoms with Crippen LogP contribution in [0.25, 0.3) is 10.8 Å². The molecule has 0 bridgehead atoms. The molecule has 0 radical (unpaired) electrons. The first-order chi connectivity index (χ1) is 16.6. The molecule has 0 saturated carbocycles. The smallest absolute Gasteiger partial charge is 0.413 e. The molecule has 2 aromatic carbocycles. The number of fused-ring (bicyclic) bond motifs is 1. The van der Waals surface area contributed by atoms with E-state index in [4.69, 9.17) is 9.47 Å². The predicted octanol–water partition coefficient (Wildman–Crippen LogP) is 7.41. The number of pyridine rings is 1. The van der Waals surface area contributed by atoms with Gasteiger partial charge in [0, 0.05) is 34.3 Å². The maximum atomic E-state index is 13.8. The molecule has 192 valence electrons. The number of nitrogens with one attached hydrogen (secondary N) is 1. The van der Waals surface area contributed by atoms with Crippen LogP contribution < -0.4 is 10.1 Å². The van der Waals surface area contributed by atoms with Gasteiger partial charge < -0.3 is 14.4 Å². The Hall–Kier alpha value is -3.61. The summed E-state index contributed by atoms with van der Waals surface area (Å²) in [5.74, 6) is 1.36. The number of hydrogen-bond donors (Lipinski definition) is 1. The molecule has 1 N–H and O–H groups in total. The van der Waals surface area contributed by atoms with Gasteiger partial charge in [0.1, 0.15) is 22.9 Å². The molecule has 0 aliphatic rings. The molecule has 0 unspecified atom stereocenters. The normalized spacial score (nSPS) is 12.2. The molecular formula is C29H37N3O4. The van der Waals surface area contributed by atoms with E-state index in [2.05, 4.69) is 10.3 Å². The minimum Gasteiger partial charge on any atom is -0.457 e. The highest BCUT2D eigenvalue weighted by molar-refractivity contribution is 6.09. The molecule has 0 fully saturated rings. The van der Waals surface area contributed by atoms with Crippen LogP contribution in [0.2, 0.25) is 0 Å². The summed E-state index contributed by atoms with van der Waals surface area (Å²) in [6.45, 7) is 17.6. The second-order valence-electron chi connectivity index (χ2n) is 11.7. The fourth-order valence-electron chi connectivity index (χ4n) is 4.36. The summed E-state index contributed by atoms with van der Waals surface area (Å²) in [6.07, 6.45) is 0.954. The van der Waals surface area contributed by atoms with E-state index in [1.807, 2.05) is 76.8 Å². The van der Waals surface area contributed by atoms with E-state index in [0.717, 1.165) is 10.8 Å². The second-order valence-corrected chi connectivity index (χ2v) is 11.7. The number of anilines is 1. The Balaban J connectivity index is 1.95. The van der Waals surface area contributed by atoms with Crippen molar-refractivity contribution in [2.24, 2.45) is 0 Å². The Labute approximate surface area is 213 Å². The standard InChI is InChI=1S/C29H37N3O4/c1-27(2,3)32(28(4,5)6)25(33)22-14-15-23(21-13-11-10-12-20(21)22)35-19-16-17-30-24(18-19)31-26(34)36-29(7,8)9/h10-18H,1-9H3,(H,30,31,34). The van der Waals surface area contributed by atoms with Crippen molar-refractivity contribution in [3.63, 3.8) is 0 Å². The van der Waals surface area contributed by atoms with Crippen LogP contribution in [0.3, 0.4) is 0 Å². The third kappa shape index (κ3) is 6.53. The number of carbonyl (C=O) groups excluding carboxylic acids is 2. The number of hydrogen-bond acceptors (Lipinski definition) is 5. The SMILES string of the molecule is CC(C)(C)OC(=O)Nc1cc(Oc2ccc(C(=O)N(C(C)(C)C)C(C)(C)C)c3ccccc23)ccn1.